The number of Topliss-reactive ketones (excluding diaryl/α,β-unsaturated/α-hetero) is 1. The molecule has 0 spiro atoms. The van der Waals surface area contributed by atoms with E-state index in [9.17, 15) is 14.0 Å². The van der Waals surface area contributed by atoms with Gasteiger partial charge < -0.3 is 14.8 Å². The number of ether oxygens (including phenoxy) is 2. The zero-order valence-corrected chi connectivity index (χ0v) is 17.3. The summed E-state index contributed by atoms with van der Waals surface area (Å²) in [5.41, 5.74) is 2.79. The molecule has 1 aliphatic rings. The molecule has 0 saturated heterocycles. The standard InChI is InChI=1S/C25H22FNO4/c1-15-13-21(28)24-22(12-11-20(26)23(15)24)31-14-16-3-5-17(6-4-16)25(29)27-18-7-9-19(30-2)10-8-18/h3-12,15H,13-14H2,1-2H3,(H,27,29). The van der Waals surface area contributed by atoms with Crippen molar-refractivity contribution in [3.05, 3.63) is 88.7 Å². The molecule has 0 aliphatic heterocycles. The van der Waals surface area contributed by atoms with Crippen LogP contribution in [0.1, 0.15) is 51.1 Å². The Morgan fingerprint density at radius 3 is 2.45 bits per heavy atom. The van der Waals surface area contributed by atoms with E-state index in [1.165, 1.54) is 12.1 Å². The summed E-state index contributed by atoms with van der Waals surface area (Å²) in [6.45, 7) is 2.05. The van der Waals surface area contributed by atoms with E-state index in [1.54, 1.807) is 55.6 Å². The number of benzene rings is 3. The maximum absolute atomic E-state index is 14.1. The van der Waals surface area contributed by atoms with Gasteiger partial charge in [0.2, 0.25) is 0 Å². The average molecular weight is 419 g/mol. The topological polar surface area (TPSA) is 64.6 Å². The van der Waals surface area contributed by atoms with Crippen molar-refractivity contribution >= 4 is 17.4 Å². The highest BCUT2D eigenvalue weighted by atomic mass is 19.1. The van der Waals surface area contributed by atoms with Crippen molar-refractivity contribution in [2.24, 2.45) is 0 Å². The third-order valence-corrected chi connectivity index (χ3v) is 5.38. The van der Waals surface area contributed by atoms with Crippen LogP contribution in [0.4, 0.5) is 10.1 Å². The van der Waals surface area contributed by atoms with E-state index >= 15 is 0 Å². The highest BCUT2D eigenvalue weighted by molar-refractivity contribution is 6.04. The number of carbonyl (C=O) groups is 2. The van der Waals surface area contributed by atoms with E-state index in [1.807, 2.05) is 6.92 Å². The minimum Gasteiger partial charge on any atom is -0.497 e. The van der Waals surface area contributed by atoms with Crippen LogP contribution in [0.5, 0.6) is 11.5 Å². The number of hydrogen-bond donors (Lipinski definition) is 1. The van der Waals surface area contributed by atoms with E-state index in [0.29, 0.717) is 40.3 Å². The van der Waals surface area contributed by atoms with Crippen molar-refractivity contribution in [3.63, 3.8) is 0 Å². The smallest absolute Gasteiger partial charge is 0.255 e. The molecule has 31 heavy (non-hydrogen) atoms. The maximum Gasteiger partial charge on any atom is 0.255 e. The van der Waals surface area contributed by atoms with E-state index in [0.717, 1.165) is 5.56 Å². The lowest BCUT2D eigenvalue weighted by atomic mass is 10.0. The molecule has 1 aliphatic carbocycles. The van der Waals surface area contributed by atoms with Gasteiger partial charge in [0.25, 0.3) is 5.91 Å². The first-order chi connectivity index (χ1) is 15.0. The summed E-state index contributed by atoms with van der Waals surface area (Å²) in [4.78, 5) is 24.7. The summed E-state index contributed by atoms with van der Waals surface area (Å²) in [5, 5.41) is 2.83. The first-order valence-corrected chi connectivity index (χ1v) is 9.99. The van der Waals surface area contributed by atoms with Gasteiger partial charge >= 0.3 is 0 Å². The number of hydrogen-bond acceptors (Lipinski definition) is 4. The van der Waals surface area contributed by atoms with E-state index in [2.05, 4.69) is 5.32 Å². The van der Waals surface area contributed by atoms with Crippen molar-refractivity contribution in [3.8, 4) is 11.5 Å². The number of rotatable bonds is 6. The average Bonchev–Trinajstić information content (AvgIpc) is 3.09. The third-order valence-electron chi connectivity index (χ3n) is 5.38. The lowest BCUT2D eigenvalue weighted by Crippen LogP contribution is -2.12. The predicted molar refractivity (Wildman–Crippen MR) is 115 cm³/mol. The molecule has 0 saturated carbocycles. The van der Waals surface area contributed by atoms with Gasteiger partial charge in [-0.1, -0.05) is 19.1 Å². The first kappa shape index (κ1) is 20.6. The molecule has 4 rings (SSSR count). The van der Waals surface area contributed by atoms with Crippen LogP contribution in [0.3, 0.4) is 0 Å². The van der Waals surface area contributed by atoms with Gasteiger partial charge in [0, 0.05) is 23.2 Å². The minimum atomic E-state index is -0.368. The number of amides is 1. The molecule has 0 bridgehead atoms. The minimum absolute atomic E-state index is 0.0949. The number of nitrogens with one attached hydrogen (secondary N) is 1. The van der Waals surface area contributed by atoms with Crippen LogP contribution >= 0.6 is 0 Å². The highest BCUT2D eigenvalue weighted by Gasteiger charge is 2.32. The van der Waals surface area contributed by atoms with Crippen molar-refractivity contribution in [1.29, 1.82) is 0 Å². The van der Waals surface area contributed by atoms with Crippen molar-refractivity contribution in [2.75, 3.05) is 12.4 Å². The van der Waals surface area contributed by atoms with Crippen LogP contribution in [0.25, 0.3) is 0 Å². The SMILES string of the molecule is COc1ccc(NC(=O)c2ccc(COc3ccc(F)c4c3C(=O)CC4C)cc2)cc1. The van der Waals surface area contributed by atoms with Crippen molar-refractivity contribution in [1.82, 2.24) is 0 Å². The zero-order chi connectivity index (χ0) is 22.0. The fourth-order valence-electron chi connectivity index (χ4n) is 3.74. The summed E-state index contributed by atoms with van der Waals surface area (Å²) in [7, 11) is 1.58. The molecule has 158 valence electrons. The van der Waals surface area contributed by atoms with Gasteiger partial charge in [-0.25, -0.2) is 4.39 Å². The lowest BCUT2D eigenvalue weighted by molar-refractivity contribution is 0.0984. The van der Waals surface area contributed by atoms with Crippen LogP contribution in [0.15, 0.2) is 60.7 Å². The molecule has 1 amide bonds. The quantitative estimate of drug-likeness (QED) is 0.585. The second kappa shape index (κ2) is 8.60. The second-order valence-electron chi connectivity index (χ2n) is 7.53. The molecule has 1 N–H and O–H groups in total. The second-order valence-corrected chi connectivity index (χ2v) is 7.53. The molecule has 1 unspecified atom stereocenters. The van der Waals surface area contributed by atoms with E-state index in [4.69, 9.17) is 9.47 Å². The monoisotopic (exact) mass is 419 g/mol. The van der Waals surface area contributed by atoms with Crippen LogP contribution < -0.4 is 14.8 Å². The largest absolute Gasteiger partial charge is 0.497 e. The summed E-state index contributed by atoms with van der Waals surface area (Å²) >= 11 is 0. The van der Waals surface area contributed by atoms with Gasteiger partial charge in [-0.05, 0) is 60.0 Å². The molecule has 5 nitrogen and oxygen atoms in total. The summed E-state index contributed by atoms with van der Waals surface area (Å²) in [5.74, 6) is 0.274. The Morgan fingerprint density at radius 1 is 1.06 bits per heavy atom. The van der Waals surface area contributed by atoms with Gasteiger partial charge in [-0.15, -0.1) is 0 Å². The molecule has 0 aromatic heterocycles. The summed E-state index contributed by atoms with van der Waals surface area (Å²) < 4.78 is 25.1. The Morgan fingerprint density at radius 2 is 1.77 bits per heavy atom. The van der Waals surface area contributed by atoms with Gasteiger partial charge in [0.05, 0.1) is 12.7 Å². The maximum atomic E-state index is 14.1. The Labute approximate surface area is 179 Å². The summed E-state index contributed by atoms with van der Waals surface area (Å²) in [6.07, 6.45) is 0.296. The fraction of sp³-hybridized carbons (Fsp3) is 0.200. The zero-order valence-electron chi connectivity index (χ0n) is 17.3. The Bertz CT molecular complexity index is 1120. The van der Waals surface area contributed by atoms with Crippen molar-refractivity contribution in [2.45, 2.75) is 25.9 Å². The number of halogens is 1. The molecular weight excluding hydrogens is 397 g/mol. The van der Waals surface area contributed by atoms with Crippen LogP contribution in [-0.4, -0.2) is 18.8 Å². The molecule has 6 heteroatoms. The third kappa shape index (κ3) is 4.28. The Hall–Kier alpha value is -3.67. The molecule has 3 aromatic carbocycles. The Kier molecular flexibility index (Phi) is 5.71. The number of carbonyl (C=O) groups excluding carboxylic acids is 2. The highest BCUT2D eigenvalue weighted by Crippen LogP contribution is 2.40. The molecule has 0 heterocycles. The summed E-state index contributed by atoms with van der Waals surface area (Å²) in [6, 6.07) is 16.9. The number of ketones is 1. The number of methoxy groups -OCH3 is 1. The van der Waals surface area contributed by atoms with Gasteiger partial charge in [-0.3, -0.25) is 9.59 Å². The van der Waals surface area contributed by atoms with Gasteiger partial charge in [0.1, 0.15) is 23.9 Å². The van der Waals surface area contributed by atoms with Crippen LogP contribution in [0.2, 0.25) is 0 Å². The predicted octanol–water partition coefficient (Wildman–Crippen LogP) is 5.36. The molecular formula is C25H22FNO4. The van der Waals surface area contributed by atoms with Crippen molar-refractivity contribution < 1.29 is 23.5 Å². The number of fused-ring (bicyclic) bond motifs is 1. The Balaban J connectivity index is 1.41. The van der Waals surface area contributed by atoms with E-state index in [-0.39, 0.29) is 30.0 Å². The van der Waals surface area contributed by atoms with Gasteiger partial charge in [0.15, 0.2) is 5.78 Å². The van der Waals surface area contributed by atoms with Gasteiger partial charge in [-0.2, -0.15) is 0 Å². The molecule has 0 radical (unpaired) electrons. The first-order valence-electron chi connectivity index (χ1n) is 9.99. The van der Waals surface area contributed by atoms with Crippen LogP contribution in [0, 0.1) is 5.82 Å². The molecule has 3 aromatic rings. The normalized spacial score (nSPS) is 14.8. The fourth-order valence-corrected chi connectivity index (χ4v) is 3.74. The lowest BCUT2D eigenvalue weighted by Gasteiger charge is -2.12. The van der Waals surface area contributed by atoms with Crippen LogP contribution in [-0.2, 0) is 6.61 Å². The number of anilines is 1. The molecule has 1 atom stereocenters. The molecule has 0 fully saturated rings. The van der Waals surface area contributed by atoms with E-state index < -0.39 is 0 Å².